The van der Waals surface area contributed by atoms with Gasteiger partial charge in [0.05, 0.1) is 4.92 Å². The number of anilines is 1. The lowest BCUT2D eigenvalue weighted by Gasteiger charge is -2.05. The highest BCUT2D eigenvalue weighted by molar-refractivity contribution is 6.03. The molecule has 4 rings (SSSR count). The van der Waals surface area contributed by atoms with Crippen molar-refractivity contribution < 1.29 is 14.1 Å². The number of carbonyl (C=O) groups is 1. The number of nitrogens with one attached hydrogen (secondary N) is 1. The molecule has 0 fully saturated rings. The fourth-order valence-electron chi connectivity index (χ4n) is 3.10. The number of amides is 1. The van der Waals surface area contributed by atoms with Crippen molar-refractivity contribution in [2.75, 3.05) is 5.32 Å². The summed E-state index contributed by atoms with van der Waals surface area (Å²) in [5.74, 6) is 0.290. The van der Waals surface area contributed by atoms with Crippen molar-refractivity contribution in [2.45, 2.75) is 6.92 Å². The van der Waals surface area contributed by atoms with E-state index in [1.165, 1.54) is 12.1 Å². The lowest BCUT2D eigenvalue weighted by molar-refractivity contribution is -0.384. The summed E-state index contributed by atoms with van der Waals surface area (Å²) in [4.78, 5) is 23.0. The molecule has 0 unspecified atom stereocenters. The van der Waals surface area contributed by atoms with Crippen LogP contribution in [0, 0.1) is 17.0 Å². The number of rotatable bonds is 4. The number of fused-ring (bicyclic) bond motifs is 1. The van der Waals surface area contributed by atoms with Crippen LogP contribution in [0.4, 0.5) is 11.4 Å². The molecule has 0 bridgehead atoms. The Morgan fingerprint density at radius 1 is 0.964 bits per heavy atom. The van der Waals surface area contributed by atoms with Gasteiger partial charge in [-0.15, -0.1) is 0 Å². The van der Waals surface area contributed by atoms with Gasteiger partial charge in [-0.25, -0.2) is 0 Å². The number of nitrogens with zero attached hydrogens (tertiary/aromatic N) is 1. The summed E-state index contributed by atoms with van der Waals surface area (Å²) in [5.41, 5.74) is 2.09. The zero-order chi connectivity index (χ0) is 19.7. The average Bonchev–Trinajstić information content (AvgIpc) is 3.18. The van der Waals surface area contributed by atoms with Crippen molar-refractivity contribution in [1.82, 2.24) is 0 Å². The number of aryl methyl sites for hydroxylation is 1. The highest BCUT2D eigenvalue weighted by atomic mass is 16.6. The first-order valence-corrected chi connectivity index (χ1v) is 8.67. The van der Waals surface area contributed by atoms with Gasteiger partial charge in [0.2, 0.25) is 0 Å². The lowest BCUT2D eigenvalue weighted by Crippen LogP contribution is -2.10. The van der Waals surface area contributed by atoms with Crippen molar-refractivity contribution in [3.63, 3.8) is 0 Å². The molecule has 0 aliphatic carbocycles. The highest BCUT2D eigenvalue weighted by Crippen LogP contribution is 2.29. The van der Waals surface area contributed by atoms with E-state index in [9.17, 15) is 14.9 Å². The predicted octanol–water partition coefficient (Wildman–Crippen LogP) is 5.57. The second-order valence-corrected chi connectivity index (χ2v) is 6.44. The molecule has 0 aliphatic rings. The zero-order valence-electron chi connectivity index (χ0n) is 15.0. The SMILES string of the molecule is Cc1cc([N+](=O)[O-])ccc1-c1ccc(C(=O)Nc2ccc3ccccc3c2)o1. The largest absolute Gasteiger partial charge is 0.451 e. The molecule has 6 heteroatoms. The summed E-state index contributed by atoms with van der Waals surface area (Å²) in [7, 11) is 0. The minimum atomic E-state index is -0.443. The van der Waals surface area contributed by atoms with Crippen LogP contribution in [0.3, 0.4) is 0 Å². The minimum Gasteiger partial charge on any atom is -0.451 e. The van der Waals surface area contributed by atoms with Gasteiger partial charge in [0.1, 0.15) is 5.76 Å². The van der Waals surface area contributed by atoms with Crippen LogP contribution in [0.25, 0.3) is 22.1 Å². The molecular weight excluding hydrogens is 356 g/mol. The fraction of sp³-hybridized carbons (Fsp3) is 0.0455. The molecule has 0 atom stereocenters. The van der Waals surface area contributed by atoms with Crippen LogP contribution in [-0.2, 0) is 0 Å². The first-order valence-electron chi connectivity index (χ1n) is 8.67. The maximum Gasteiger partial charge on any atom is 0.291 e. The Morgan fingerprint density at radius 2 is 1.75 bits per heavy atom. The van der Waals surface area contributed by atoms with Gasteiger partial charge in [-0.1, -0.05) is 30.3 Å². The molecule has 0 saturated carbocycles. The molecule has 3 aromatic carbocycles. The van der Waals surface area contributed by atoms with Crippen molar-refractivity contribution in [3.8, 4) is 11.3 Å². The third-order valence-electron chi connectivity index (χ3n) is 4.52. The van der Waals surface area contributed by atoms with E-state index >= 15 is 0 Å². The molecule has 1 amide bonds. The molecule has 1 heterocycles. The Balaban J connectivity index is 1.56. The standard InChI is InChI=1S/C22H16N2O4/c1-14-12-18(24(26)27)8-9-19(14)20-10-11-21(28-20)22(25)23-17-7-6-15-4-2-3-5-16(15)13-17/h2-13H,1H3,(H,23,25). The molecule has 0 spiro atoms. The third kappa shape index (κ3) is 3.35. The van der Waals surface area contributed by atoms with Crippen LogP contribution in [0.5, 0.6) is 0 Å². The van der Waals surface area contributed by atoms with E-state index in [1.807, 2.05) is 42.5 Å². The van der Waals surface area contributed by atoms with Crippen LogP contribution in [0.15, 0.2) is 77.2 Å². The summed E-state index contributed by atoms with van der Waals surface area (Å²) in [5, 5.41) is 15.8. The van der Waals surface area contributed by atoms with Crippen LogP contribution in [-0.4, -0.2) is 10.8 Å². The minimum absolute atomic E-state index is 0.0158. The van der Waals surface area contributed by atoms with E-state index < -0.39 is 4.92 Å². The molecule has 28 heavy (non-hydrogen) atoms. The Labute approximate surface area is 160 Å². The van der Waals surface area contributed by atoms with Gasteiger partial charge in [0, 0.05) is 23.4 Å². The lowest BCUT2D eigenvalue weighted by atomic mass is 10.1. The molecule has 4 aromatic rings. The number of hydrogen-bond acceptors (Lipinski definition) is 4. The topological polar surface area (TPSA) is 85.4 Å². The van der Waals surface area contributed by atoms with Gasteiger partial charge in [-0.05, 0) is 53.6 Å². The van der Waals surface area contributed by atoms with E-state index in [1.54, 1.807) is 25.1 Å². The Morgan fingerprint density at radius 3 is 2.50 bits per heavy atom. The molecule has 1 N–H and O–H groups in total. The molecular formula is C22H16N2O4. The van der Waals surface area contributed by atoms with Gasteiger partial charge in [-0.2, -0.15) is 0 Å². The summed E-state index contributed by atoms with van der Waals surface area (Å²) < 4.78 is 5.69. The fourth-order valence-corrected chi connectivity index (χ4v) is 3.10. The molecule has 0 aliphatic heterocycles. The number of nitro groups is 1. The van der Waals surface area contributed by atoms with E-state index in [4.69, 9.17) is 4.42 Å². The predicted molar refractivity (Wildman–Crippen MR) is 107 cm³/mol. The Kier molecular flexibility index (Phi) is 4.37. The number of furan rings is 1. The van der Waals surface area contributed by atoms with Crippen molar-refractivity contribution in [3.05, 3.63) is 94.2 Å². The zero-order valence-corrected chi connectivity index (χ0v) is 15.0. The molecule has 0 saturated heterocycles. The smallest absolute Gasteiger partial charge is 0.291 e. The van der Waals surface area contributed by atoms with Gasteiger partial charge in [0.25, 0.3) is 11.6 Å². The Bertz CT molecular complexity index is 1210. The Hall–Kier alpha value is -3.93. The number of non-ortho nitro benzene ring substituents is 1. The van der Waals surface area contributed by atoms with Gasteiger partial charge in [-0.3, -0.25) is 14.9 Å². The molecule has 1 aromatic heterocycles. The van der Waals surface area contributed by atoms with E-state index in [0.717, 1.165) is 10.8 Å². The van der Waals surface area contributed by atoms with Crippen molar-refractivity contribution in [1.29, 1.82) is 0 Å². The number of benzene rings is 3. The first kappa shape index (κ1) is 17.5. The van der Waals surface area contributed by atoms with Crippen LogP contribution in [0.2, 0.25) is 0 Å². The summed E-state index contributed by atoms with van der Waals surface area (Å²) in [6, 6.07) is 21.4. The van der Waals surface area contributed by atoms with Crippen molar-refractivity contribution >= 4 is 28.1 Å². The van der Waals surface area contributed by atoms with Gasteiger partial charge < -0.3 is 9.73 Å². The second-order valence-electron chi connectivity index (χ2n) is 6.44. The monoisotopic (exact) mass is 372 g/mol. The van der Waals surface area contributed by atoms with Crippen LogP contribution in [0.1, 0.15) is 16.1 Å². The quantitative estimate of drug-likeness (QED) is 0.375. The van der Waals surface area contributed by atoms with Crippen LogP contribution < -0.4 is 5.32 Å². The summed E-state index contributed by atoms with van der Waals surface area (Å²) >= 11 is 0. The highest BCUT2D eigenvalue weighted by Gasteiger charge is 2.15. The van der Waals surface area contributed by atoms with E-state index in [2.05, 4.69) is 5.32 Å². The van der Waals surface area contributed by atoms with E-state index in [0.29, 0.717) is 22.6 Å². The average molecular weight is 372 g/mol. The van der Waals surface area contributed by atoms with Gasteiger partial charge in [0.15, 0.2) is 5.76 Å². The van der Waals surface area contributed by atoms with Crippen LogP contribution >= 0.6 is 0 Å². The van der Waals surface area contributed by atoms with Crippen molar-refractivity contribution in [2.24, 2.45) is 0 Å². The summed E-state index contributed by atoms with van der Waals surface area (Å²) in [6.45, 7) is 1.76. The van der Waals surface area contributed by atoms with E-state index in [-0.39, 0.29) is 17.4 Å². The second kappa shape index (κ2) is 7.00. The number of carbonyl (C=O) groups excluding carboxylic acids is 1. The maximum absolute atomic E-state index is 12.5. The first-order chi connectivity index (χ1) is 13.5. The molecule has 0 radical (unpaired) electrons. The molecule has 138 valence electrons. The third-order valence-corrected chi connectivity index (χ3v) is 4.52. The number of hydrogen-bond donors (Lipinski definition) is 1. The number of nitro benzene ring substituents is 1. The normalized spacial score (nSPS) is 10.8. The van der Waals surface area contributed by atoms with Gasteiger partial charge >= 0.3 is 0 Å². The molecule has 6 nitrogen and oxygen atoms in total. The maximum atomic E-state index is 12.5. The summed E-state index contributed by atoms with van der Waals surface area (Å²) in [6.07, 6.45) is 0.